The first kappa shape index (κ1) is 40.2. The maximum Gasteiger partial charge on any atom is 0.255 e. The van der Waals surface area contributed by atoms with Crippen molar-refractivity contribution in [3.05, 3.63) is 103 Å². The number of amides is 1. The van der Waals surface area contributed by atoms with Crippen LogP contribution in [-0.4, -0.2) is 117 Å². The molecule has 4 aliphatic rings. The van der Waals surface area contributed by atoms with Gasteiger partial charge in [-0.25, -0.2) is 0 Å². The number of methoxy groups -OCH3 is 2. The van der Waals surface area contributed by atoms with Gasteiger partial charge in [-0.15, -0.1) is 0 Å². The van der Waals surface area contributed by atoms with Gasteiger partial charge in [-0.1, -0.05) is 29.8 Å². The van der Waals surface area contributed by atoms with Crippen molar-refractivity contribution in [3.8, 4) is 11.5 Å². The second-order valence-corrected chi connectivity index (χ2v) is 15.0. The molecule has 8 atom stereocenters. The number of carbonyl (C=O) groups is 5. The van der Waals surface area contributed by atoms with E-state index in [0.717, 1.165) is 19.3 Å². The van der Waals surface area contributed by atoms with Gasteiger partial charge < -0.3 is 55.5 Å². The molecule has 7 rings (SSSR count). The zero-order valence-electron chi connectivity index (χ0n) is 31.0. The van der Waals surface area contributed by atoms with E-state index >= 15 is 0 Å². The van der Waals surface area contributed by atoms with Gasteiger partial charge in [0.05, 0.1) is 53.2 Å². The second-order valence-electron chi connectivity index (χ2n) is 14.6. The summed E-state index contributed by atoms with van der Waals surface area (Å²) in [6, 6.07) is 8.78. The van der Waals surface area contributed by atoms with Crippen molar-refractivity contribution in [2.45, 2.75) is 68.7 Å². The Morgan fingerprint density at radius 2 is 1.68 bits per heavy atom. The number of halogens is 1. The number of allylic oxidation sites excluding steroid dienone is 2. The lowest BCUT2D eigenvalue weighted by Gasteiger charge is -2.53. The Morgan fingerprint density at radius 3 is 2.32 bits per heavy atom. The summed E-state index contributed by atoms with van der Waals surface area (Å²) in [7, 11) is 2.27. The third-order valence-corrected chi connectivity index (χ3v) is 11.7. The van der Waals surface area contributed by atoms with E-state index in [1.165, 1.54) is 20.1 Å². The fourth-order valence-electron chi connectivity index (χ4n) is 8.69. The third-order valence-electron chi connectivity index (χ3n) is 11.5. The molecule has 3 aliphatic carbocycles. The third kappa shape index (κ3) is 5.73. The first-order valence-corrected chi connectivity index (χ1v) is 18.2. The Balaban J connectivity index is 1.32. The highest BCUT2D eigenvalue weighted by molar-refractivity contribution is 6.31. The number of hydrogen-bond acceptors (Lipinski definition) is 15. The molecular weight excluding hydrogens is 768 g/mol. The summed E-state index contributed by atoms with van der Waals surface area (Å²) in [6.07, 6.45) is -5.69. The molecule has 57 heavy (non-hydrogen) atoms. The van der Waals surface area contributed by atoms with Crippen molar-refractivity contribution in [1.29, 1.82) is 0 Å². The number of phenols is 2. The molecule has 1 unspecified atom stereocenters. The van der Waals surface area contributed by atoms with Gasteiger partial charge in [0.15, 0.2) is 17.0 Å². The number of carbonyl (C=O) groups excluding carboxylic acids is 5. The number of ketones is 4. The molecule has 0 bridgehead atoms. The van der Waals surface area contributed by atoms with Crippen LogP contribution in [0.3, 0.4) is 0 Å². The maximum atomic E-state index is 14.8. The molecule has 0 saturated carbocycles. The number of aryl methyl sites for hydroxylation is 1. The van der Waals surface area contributed by atoms with Crippen molar-refractivity contribution >= 4 is 40.6 Å². The SMILES string of the molecule is CO[C@@H]1[C@@H](O)[C@@H](CO)C(NC2=CC(=O)c3c(cc4c(c3O)C(=O)[C@]3(OC)[C@H](O)Cc5cc(C)c(C(=O)NCc6ccc(Cl)cc6)c(O)c5[C@]3(O)C4=O)C2=O)O[C@H]1C. The summed E-state index contributed by atoms with van der Waals surface area (Å²) >= 11 is 5.96. The minimum absolute atomic E-state index is 0.00701. The van der Waals surface area contributed by atoms with E-state index in [4.69, 9.17) is 25.8 Å². The average Bonchev–Trinajstić information content (AvgIpc) is 3.15. The quantitative estimate of drug-likeness (QED) is 0.159. The van der Waals surface area contributed by atoms with E-state index < -0.39 is 135 Å². The molecule has 3 aromatic carbocycles. The molecule has 1 heterocycles. The Bertz CT molecular complexity index is 2290. The van der Waals surface area contributed by atoms with Gasteiger partial charge in [0.1, 0.15) is 23.8 Å². The van der Waals surface area contributed by atoms with Crippen LogP contribution in [0.15, 0.2) is 48.2 Å². The molecule has 1 amide bonds. The summed E-state index contributed by atoms with van der Waals surface area (Å²) < 4.78 is 16.7. The highest BCUT2D eigenvalue weighted by atomic mass is 35.5. The minimum atomic E-state index is -3.27. The lowest BCUT2D eigenvalue weighted by atomic mass is 9.56. The zero-order valence-corrected chi connectivity index (χ0v) is 31.7. The Hall–Kier alpha value is -5.04. The molecular formula is C40H39ClN2O14. The predicted octanol–water partition coefficient (Wildman–Crippen LogP) is 1.14. The van der Waals surface area contributed by atoms with Gasteiger partial charge in [-0.2, -0.15) is 0 Å². The van der Waals surface area contributed by atoms with E-state index in [0.29, 0.717) is 10.6 Å². The number of nitrogens with one attached hydrogen (secondary N) is 2. The van der Waals surface area contributed by atoms with Crippen LogP contribution in [0.25, 0.3) is 0 Å². The van der Waals surface area contributed by atoms with Crippen LogP contribution >= 0.6 is 11.6 Å². The molecule has 3 aromatic rings. The number of fused-ring (bicyclic) bond motifs is 5. The summed E-state index contributed by atoms with van der Waals surface area (Å²) in [5.41, 5.74) is -9.55. The molecule has 300 valence electrons. The largest absolute Gasteiger partial charge is 0.507 e. The fraction of sp³-hybridized carbons (Fsp3) is 0.375. The summed E-state index contributed by atoms with van der Waals surface area (Å²) in [6.45, 7) is 2.45. The number of aliphatic hydroxyl groups is 4. The highest BCUT2D eigenvalue weighted by Gasteiger charge is 2.72. The Labute approximate surface area is 329 Å². The van der Waals surface area contributed by atoms with Crippen LogP contribution in [-0.2, 0) is 32.8 Å². The summed E-state index contributed by atoms with van der Waals surface area (Å²) in [5.74, 6) is -8.57. The number of aromatic hydroxyl groups is 2. The van der Waals surface area contributed by atoms with E-state index in [-0.39, 0.29) is 23.2 Å². The van der Waals surface area contributed by atoms with E-state index in [1.54, 1.807) is 31.2 Å². The van der Waals surface area contributed by atoms with Crippen LogP contribution in [0.2, 0.25) is 5.02 Å². The molecule has 0 radical (unpaired) electrons. The standard InChI is InChI=1S/C40H39ClN2O14/c1-15-9-18-10-25(46)40(56-4)36(52)28-21(35(51)39(40,54)29(18)33(50)26(15)37(53)42-13-17-5-7-19(41)8-6-17)11-20-27(32(28)49)24(45)12-23(30(20)47)43-38-22(14-44)31(48)34(55-3)16(2)57-38/h5-9,11-12,16,22,25,31,34,38,43-44,46,48-50,54H,10,13-14H2,1-4H3,(H,42,53)/t16-,22+,25+,31-,34-,38?,39-,40+/m0/s1. The number of benzene rings is 3. The normalized spacial score (nSPS) is 29.2. The van der Waals surface area contributed by atoms with E-state index in [1.807, 2.05) is 0 Å². The predicted molar refractivity (Wildman–Crippen MR) is 197 cm³/mol. The fourth-order valence-corrected chi connectivity index (χ4v) is 8.82. The number of Topliss-reactive ketones (excluding diaryl/α,β-unsaturated/α-hetero) is 3. The molecule has 17 heteroatoms. The van der Waals surface area contributed by atoms with Crippen molar-refractivity contribution in [2.75, 3.05) is 20.8 Å². The van der Waals surface area contributed by atoms with Crippen LogP contribution in [0.4, 0.5) is 0 Å². The number of phenolic OH excluding ortho intramolecular Hbond substituents is 2. The van der Waals surface area contributed by atoms with Crippen molar-refractivity contribution < 1.29 is 68.8 Å². The topological polar surface area (TPSA) is 258 Å². The first-order valence-electron chi connectivity index (χ1n) is 17.9. The summed E-state index contributed by atoms with van der Waals surface area (Å²) in [4.78, 5) is 70.8. The molecule has 8 N–H and O–H groups in total. The second kappa shape index (κ2) is 14.4. The number of aliphatic hydroxyl groups excluding tert-OH is 3. The highest BCUT2D eigenvalue weighted by Crippen LogP contribution is 2.56. The van der Waals surface area contributed by atoms with E-state index in [2.05, 4.69) is 10.6 Å². The first-order chi connectivity index (χ1) is 27.0. The van der Waals surface area contributed by atoms with Gasteiger partial charge in [0.25, 0.3) is 5.91 Å². The van der Waals surface area contributed by atoms with Crippen molar-refractivity contribution in [1.82, 2.24) is 10.6 Å². The van der Waals surface area contributed by atoms with Gasteiger partial charge in [-0.3, -0.25) is 24.0 Å². The van der Waals surface area contributed by atoms with Crippen LogP contribution in [0, 0.1) is 12.8 Å². The maximum absolute atomic E-state index is 14.8. The lowest BCUT2D eigenvalue weighted by Crippen LogP contribution is -2.73. The number of rotatable bonds is 8. The molecule has 1 aliphatic heterocycles. The van der Waals surface area contributed by atoms with Crippen LogP contribution in [0.1, 0.15) is 81.0 Å². The number of ether oxygens (including phenoxy) is 3. The van der Waals surface area contributed by atoms with Crippen LogP contribution in [0.5, 0.6) is 11.5 Å². The van der Waals surface area contributed by atoms with Gasteiger partial charge in [0, 0.05) is 55.0 Å². The summed E-state index contributed by atoms with van der Waals surface area (Å²) in [5, 5.41) is 74.5. The van der Waals surface area contributed by atoms with E-state index in [9.17, 15) is 54.6 Å². The van der Waals surface area contributed by atoms with Gasteiger partial charge in [0.2, 0.25) is 17.3 Å². The minimum Gasteiger partial charge on any atom is -0.507 e. The smallest absolute Gasteiger partial charge is 0.255 e. The molecule has 1 fully saturated rings. The van der Waals surface area contributed by atoms with Crippen molar-refractivity contribution in [3.63, 3.8) is 0 Å². The van der Waals surface area contributed by atoms with Gasteiger partial charge in [-0.05, 0) is 48.7 Å². The Kier molecular flexibility index (Phi) is 10.2. The molecule has 0 spiro atoms. The molecule has 16 nitrogen and oxygen atoms in total. The number of hydrogen-bond donors (Lipinski definition) is 8. The van der Waals surface area contributed by atoms with Crippen LogP contribution < -0.4 is 10.6 Å². The zero-order chi connectivity index (χ0) is 41.5. The average molecular weight is 807 g/mol. The lowest BCUT2D eigenvalue weighted by molar-refractivity contribution is -0.214. The molecule has 0 aromatic heterocycles. The Morgan fingerprint density at radius 1 is 1.00 bits per heavy atom. The van der Waals surface area contributed by atoms with Crippen molar-refractivity contribution in [2.24, 2.45) is 5.92 Å². The van der Waals surface area contributed by atoms with Gasteiger partial charge >= 0.3 is 0 Å². The molecule has 1 saturated heterocycles. The monoisotopic (exact) mass is 806 g/mol.